The van der Waals surface area contributed by atoms with E-state index in [1.54, 1.807) is 18.3 Å². The van der Waals surface area contributed by atoms with Crippen molar-refractivity contribution >= 4 is 38.8 Å². The smallest absolute Gasteiger partial charge is 0.277 e. The number of carbonyl (C=O) groups is 1. The number of hydrogen-bond acceptors (Lipinski definition) is 4. The van der Waals surface area contributed by atoms with Crippen molar-refractivity contribution in [3.63, 3.8) is 0 Å². The van der Waals surface area contributed by atoms with Gasteiger partial charge in [-0.1, -0.05) is 82.7 Å². The highest BCUT2D eigenvalue weighted by atomic mass is 79.9. The fourth-order valence-electron chi connectivity index (χ4n) is 3.18. The van der Waals surface area contributed by atoms with Gasteiger partial charge in [-0.2, -0.15) is 5.10 Å². The fourth-order valence-corrected chi connectivity index (χ4v) is 3.55. The number of nitrogens with one attached hydrogen (secondary N) is 1. The van der Waals surface area contributed by atoms with E-state index in [0.717, 1.165) is 26.4 Å². The summed E-state index contributed by atoms with van der Waals surface area (Å²) in [5.74, 6) is 0.938. The molecule has 0 atom stereocenters. The summed E-state index contributed by atoms with van der Waals surface area (Å²) in [6.45, 7) is 0.299. The molecule has 1 N–H and O–H groups in total. The number of rotatable bonds is 8. The lowest BCUT2D eigenvalue weighted by Crippen LogP contribution is -2.24. The molecule has 160 valence electrons. The van der Waals surface area contributed by atoms with E-state index in [2.05, 4.69) is 26.5 Å². The maximum Gasteiger partial charge on any atom is 0.277 e. The minimum Gasteiger partial charge on any atom is -0.488 e. The normalized spacial score (nSPS) is 10.9. The van der Waals surface area contributed by atoms with E-state index >= 15 is 0 Å². The van der Waals surface area contributed by atoms with Gasteiger partial charge in [0.15, 0.2) is 6.61 Å². The van der Waals surface area contributed by atoms with E-state index in [-0.39, 0.29) is 12.5 Å². The lowest BCUT2D eigenvalue weighted by molar-refractivity contribution is -0.123. The molecule has 0 aliphatic carbocycles. The van der Waals surface area contributed by atoms with Crippen LogP contribution in [0.25, 0.3) is 10.8 Å². The molecule has 0 fully saturated rings. The number of ether oxygens (including phenoxy) is 2. The summed E-state index contributed by atoms with van der Waals surface area (Å²) < 4.78 is 12.4. The number of fused-ring (bicyclic) bond motifs is 1. The molecular weight excluding hydrogens is 468 g/mol. The number of hydrazone groups is 1. The monoisotopic (exact) mass is 488 g/mol. The van der Waals surface area contributed by atoms with E-state index in [4.69, 9.17) is 9.47 Å². The first-order valence-electron chi connectivity index (χ1n) is 10.1. The van der Waals surface area contributed by atoms with Crippen molar-refractivity contribution in [3.8, 4) is 11.5 Å². The predicted molar refractivity (Wildman–Crippen MR) is 130 cm³/mol. The summed E-state index contributed by atoms with van der Waals surface area (Å²) in [6.07, 6.45) is 1.61. The molecule has 0 bridgehead atoms. The lowest BCUT2D eigenvalue weighted by Gasteiger charge is -2.12. The van der Waals surface area contributed by atoms with Crippen LogP contribution in [0.3, 0.4) is 0 Å². The highest BCUT2D eigenvalue weighted by Gasteiger charge is 2.08. The zero-order chi connectivity index (χ0) is 22.2. The summed E-state index contributed by atoms with van der Waals surface area (Å²) in [4.78, 5) is 12.2. The molecule has 0 spiro atoms. The average molecular weight is 489 g/mol. The molecule has 5 nitrogen and oxygen atoms in total. The van der Waals surface area contributed by atoms with Crippen molar-refractivity contribution in [3.05, 3.63) is 107 Å². The van der Waals surface area contributed by atoms with Gasteiger partial charge in [-0.15, -0.1) is 0 Å². The fraction of sp³-hybridized carbons (Fsp3) is 0.0769. The van der Waals surface area contributed by atoms with Crippen LogP contribution in [0.5, 0.6) is 11.5 Å². The van der Waals surface area contributed by atoms with Gasteiger partial charge in [0, 0.05) is 10.0 Å². The maximum atomic E-state index is 12.2. The second-order valence-electron chi connectivity index (χ2n) is 7.01. The topological polar surface area (TPSA) is 59.9 Å². The zero-order valence-electron chi connectivity index (χ0n) is 17.2. The highest BCUT2D eigenvalue weighted by molar-refractivity contribution is 9.10. The van der Waals surface area contributed by atoms with Gasteiger partial charge < -0.3 is 9.47 Å². The molecule has 4 aromatic carbocycles. The van der Waals surface area contributed by atoms with Gasteiger partial charge in [0.25, 0.3) is 5.91 Å². The highest BCUT2D eigenvalue weighted by Crippen LogP contribution is 2.27. The summed E-state index contributed by atoms with van der Waals surface area (Å²) in [7, 11) is 0. The van der Waals surface area contributed by atoms with Crippen molar-refractivity contribution in [1.82, 2.24) is 5.43 Å². The van der Waals surface area contributed by atoms with Gasteiger partial charge in [0.1, 0.15) is 18.1 Å². The molecule has 0 radical (unpaired) electrons. The summed E-state index contributed by atoms with van der Waals surface area (Å²) in [6, 6.07) is 29.2. The van der Waals surface area contributed by atoms with Crippen molar-refractivity contribution < 1.29 is 14.3 Å². The van der Waals surface area contributed by atoms with Crippen LogP contribution in [-0.2, 0) is 11.4 Å². The quantitative estimate of drug-likeness (QED) is 0.255. The second kappa shape index (κ2) is 10.6. The third-order valence-electron chi connectivity index (χ3n) is 4.72. The van der Waals surface area contributed by atoms with Gasteiger partial charge in [-0.25, -0.2) is 5.43 Å². The van der Waals surface area contributed by atoms with Crippen LogP contribution in [0.1, 0.15) is 11.1 Å². The SMILES string of the molecule is O=C(COc1cccc(Br)c1)NN=Cc1c(OCc2ccccc2)ccc2ccccc12. The summed E-state index contributed by atoms with van der Waals surface area (Å²) in [5.41, 5.74) is 4.39. The van der Waals surface area contributed by atoms with Crippen molar-refractivity contribution in [2.75, 3.05) is 6.61 Å². The Hall–Kier alpha value is -3.64. The number of benzene rings is 4. The third-order valence-corrected chi connectivity index (χ3v) is 5.21. The van der Waals surface area contributed by atoms with Gasteiger partial charge in [0.05, 0.1) is 6.21 Å². The number of hydrogen-bond donors (Lipinski definition) is 1. The zero-order valence-corrected chi connectivity index (χ0v) is 18.8. The predicted octanol–water partition coefficient (Wildman–Crippen LogP) is 5.71. The number of halogens is 1. The first-order valence-corrected chi connectivity index (χ1v) is 10.9. The number of carbonyl (C=O) groups excluding carboxylic acids is 1. The van der Waals surface area contributed by atoms with Crippen molar-refractivity contribution in [2.24, 2.45) is 5.10 Å². The van der Waals surface area contributed by atoms with Crippen LogP contribution >= 0.6 is 15.9 Å². The minimum atomic E-state index is -0.354. The Kier molecular flexibility index (Phi) is 7.15. The molecule has 0 saturated heterocycles. The second-order valence-corrected chi connectivity index (χ2v) is 7.93. The van der Waals surface area contributed by atoms with Crippen LogP contribution in [0.4, 0.5) is 0 Å². The molecule has 0 aromatic heterocycles. The van der Waals surface area contributed by atoms with Crippen LogP contribution in [0.2, 0.25) is 0 Å². The van der Waals surface area contributed by atoms with Crippen molar-refractivity contribution in [2.45, 2.75) is 6.61 Å². The lowest BCUT2D eigenvalue weighted by atomic mass is 10.0. The van der Waals surface area contributed by atoms with Crippen LogP contribution < -0.4 is 14.9 Å². The Balaban J connectivity index is 1.46. The van der Waals surface area contributed by atoms with Gasteiger partial charge in [-0.05, 0) is 40.6 Å². The average Bonchev–Trinajstić information content (AvgIpc) is 2.83. The van der Waals surface area contributed by atoms with E-state index in [9.17, 15) is 4.79 Å². The molecule has 32 heavy (non-hydrogen) atoms. The first-order chi connectivity index (χ1) is 15.7. The van der Waals surface area contributed by atoms with Crippen molar-refractivity contribution in [1.29, 1.82) is 0 Å². The molecule has 4 aromatic rings. The molecule has 4 rings (SSSR count). The Morgan fingerprint density at radius 3 is 2.56 bits per heavy atom. The van der Waals surface area contributed by atoms with E-state index in [0.29, 0.717) is 18.1 Å². The first kappa shape index (κ1) is 21.6. The molecule has 0 aliphatic heterocycles. The van der Waals surface area contributed by atoms with Crippen LogP contribution in [0.15, 0.2) is 101 Å². The molecule has 0 aliphatic rings. The Bertz CT molecular complexity index is 1240. The van der Waals surface area contributed by atoms with Gasteiger partial charge in [0.2, 0.25) is 0 Å². The minimum absolute atomic E-state index is 0.138. The van der Waals surface area contributed by atoms with Crippen LogP contribution in [0, 0.1) is 0 Å². The molecular formula is C26H21BrN2O3. The summed E-state index contributed by atoms with van der Waals surface area (Å²) in [5, 5.41) is 6.19. The van der Waals surface area contributed by atoms with Gasteiger partial charge >= 0.3 is 0 Å². The number of amides is 1. The van der Waals surface area contributed by atoms with E-state index in [1.807, 2.05) is 78.9 Å². The molecule has 1 amide bonds. The van der Waals surface area contributed by atoms with Gasteiger partial charge in [-0.3, -0.25) is 4.79 Å². The number of nitrogens with zero attached hydrogens (tertiary/aromatic N) is 1. The standard InChI is InChI=1S/C26H21BrN2O3/c27-21-10-6-11-22(15-21)31-18-26(30)29-28-16-24-23-12-5-4-9-20(23)13-14-25(24)32-17-19-7-2-1-3-8-19/h1-16H,17-18H2,(H,29,30). The molecule has 6 heteroatoms. The van der Waals surface area contributed by atoms with E-state index < -0.39 is 0 Å². The molecule has 0 unspecified atom stereocenters. The Labute approximate surface area is 194 Å². The van der Waals surface area contributed by atoms with E-state index in [1.165, 1.54) is 0 Å². The Morgan fingerprint density at radius 2 is 1.72 bits per heavy atom. The molecule has 0 saturated carbocycles. The Morgan fingerprint density at radius 1 is 0.906 bits per heavy atom. The van der Waals surface area contributed by atoms with Crippen LogP contribution in [-0.4, -0.2) is 18.7 Å². The maximum absolute atomic E-state index is 12.2. The molecule has 0 heterocycles. The summed E-state index contributed by atoms with van der Waals surface area (Å²) >= 11 is 3.38. The largest absolute Gasteiger partial charge is 0.488 e. The third kappa shape index (κ3) is 5.74.